The maximum Gasteiger partial charge on any atom is 0.190 e. The van der Waals surface area contributed by atoms with E-state index in [1.807, 2.05) is 12.1 Å². The number of aliphatic hydroxyl groups excluding tert-OH is 1. The highest BCUT2D eigenvalue weighted by Gasteiger charge is 2.21. The molecule has 0 saturated carbocycles. The first-order valence-electron chi connectivity index (χ1n) is 6.38. The first-order valence-corrected chi connectivity index (χ1v) is 8.91. The van der Waals surface area contributed by atoms with Crippen LogP contribution in [0.2, 0.25) is 0 Å². The number of rotatable bonds is 7. The summed E-state index contributed by atoms with van der Waals surface area (Å²) >= 11 is 1.14. The minimum atomic E-state index is -3.47. The van der Waals surface area contributed by atoms with Gasteiger partial charge in [-0.05, 0) is 17.5 Å². The lowest BCUT2D eigenvalue weighted by Crippen LogP contribution is -2.27. The summed E-state index contributed by atoms with van der Waals surface area (Å²) in [6.07, 6.45) is -1.09. The first-order chi connectivity index (χ1) is 10.0. The lowest BCUT2D eigenvalue weighted by Gasteiger charge is -2.14. The average molecular weight is 327 g/mol. The molecule has 0 bridgehead atoms. The van der Waals surface area contributed by atoms with Gasteiger partial charge in [0.1, 0.15) is 22.7 Å². The van der Waals surface area contributed by atoms with Gasteiger partial charge in [-0.3, -0.25) is 0 Å². The number of benzene rings is 1. The minimum absolute atomic E-state index is 0.0956. The topological polar surface area (TPSA) is 89.6 Å². The third-order valence-electron chi connectivity index (χ3n) is 2.84. The van der Waals surface area contributed by atoms with Crippen molar-refractivity contribution in [3.05, 3.63) is 47.3 Å². The van der Waals surface area contributed by atoms with Crippen LogP contribution >= 0.6 is 11.3 Å². The van der Waals surface area contributed by atoms with E-state index in [1.165, 1.54) is 6.07 Å². The molecule has 0 fully saturated rings. The molecule has 0 spiro atoms. The van der Waals surface area contributed by atoms with Crippen molar-refractivity contribution in [1.82, 2.24) is 0 Å². The predicted octanol–water partition coefficient (Wildman–Crippen LogP) is 1.42. The summed E-state index contributed by atoms with van der Waals surface area (Å²) in [5.74, 6) is 0.200. The molecule has 3 N–H and O–H groups in total. The smallest absolute Gasteiger partial charge is 0.190 e. The number of nitrogens with two attached hydrogens (primary N) is 1. The Bertz CT molecular complexity index is 668. The van der Waals surface area contributed by atoms with E-state index in [0.717, 1.165) is 16.9 Å². The molecule has 0 saturated heterocycles. The van der Waals surface area contributed by atoms with Crippen molar-refractivity contribution in [2.24, 2.45) is 5.73 Å². The number of aliphatic hydroxyl groups is 1. The molecule has 114 valence electrons. The number of thiophene rings is 1. The van der Waals surface area contributed by atoms with Crippen molar-refractivity contribution in [3.8, 4) is 5.75 Å². The summed E-state index contributed by atoms with van der Waals surface area (Å²) in [5.41, 5.74) is 6.40. The number of sulfone groups is 1. The Hall–Kier alpha value is -1.41. The van der Waals surface area contributed by atoms with Crippen LogP contribution in [0.4, 0.5) is 0 Å². The highest BCUT2D eigenvalue weighted by atomic mass is 32.2. The highest BCUT2D eigenvalue weighted by Crippen LogP contribution is 2.20. The molecule has 1 aromatic carbocycles. The van der Waals surface area contributed by atoms with Crippen LogP contribution in [0, 0.1) is 0 Å². The zero-order chi connectivity index (χ0) is 15.3. The standard InChI is InChI=1S/C14H17NO4S2/c15-8-11-4-1-2-5-13(11)19-9-12(16)10-21(17,18)14-6-3-7-20-14/h1-7,12,16H,8-10,15H2. The van der Waals surface area contributed by atoms with Gasteiger partial charge in [0.15, 0.2) is 9.84 Å². The van der Waals surface area contributed by atoms with Gasteiger partial charge in [0.25, 0.3) is 0 Å². The molecule has 0 aliphatic heterocycles. The van der Waals surface area contributed by atoms with Crippen LogP contribution in [-0.2, 0) is 16.4 Å². The molecule has 1 unspecified atom stereocenters. The Labute approximate surface area is 127 Å². The third kappa shape index (κ3) is 4.28. The molecule has 2 aromatic rings. The molecule has 0 aliphatic carbocycles. The van der Waals surface area contributed by atoms with E-state index < -0.39 is 15.9 Å². The molecule has 1 aromatic heterocycles. The maximum absolute atomic E-state index is 12.0. The molecule has 7 heteroatoms. The summed E-state index contributed by atoms with van der Waals surface area (Å²) in [5, 5.41) is 11.6. The Morgan fingerprint density at radius 2 is 2.00 bits per heavy atom. The minimum Gasteiger partial charge on any atom is -0.491 e. The fourth-order valence-electron chi connectivity index (χ4n) is 1.82. The zero-order valence-electron chi connectivity index (χ0n) is 11.3. The normalized spacial score (nSPS) is 13.0. The van der Waals surface area contributed by atoms with E-state index in [0.29, 0.717) is 12.3 Å². The molecular formula is C14H17NO4S2. The monoisotopic (exact) mass is 327 g/mol. The van der Waals surface area contributed by atoms with Gasteiger partial charge < -0.3 is 15.6 Å². The van der Waals surface area contributed by atoms with E-state index in [9.17, 15) is 13.5 Å². The molecule has 2 rings (SSSR count). The summed E-state index contributed by atoms with van der Waals surface area (Å²) in [4.78, 5) is 0. The average Bonchev–Trinajstić information content (AvgIpc) is 3.00. The first kappa shape index (κ1) is 16.0. The second kappa shape index (κ2) is 7.04. The fraction of sp³-hybridized carbons (Fsp3) is 0.286. The molecule has 0 amide bonds. The zero-order valence-corrected chi connectivity index (χ0v) is 12.9. The molecular weight excluding hydrogens is 310 g/mol. The summed E-state index contributed by atoms with van der Waals surface area (Å²) in [6.45, 7) is 0.224. The molecule has 1 atom stereocenters. The van der Waals surface area contributed by atoms with Crippen LogP contribution in [-0.4, -0.2) is 32.0 Å². The Balaban J connectivity index is 1.95. The summed E-state index contributed by atoms with van der Waals surface area (Å²) in [7, 11) is -3.47. The molecule has 21 heavy (non-hydrogen) atoms. The fourth-order valence-corrected chi connectivity index (χ4v) is 4.28. The summed E-state index contributed by atoms with van der Waals surface area (Å²) < 4.78 is 29.7. The van der Waals surface area contributed by atoms with Crippen LogP contribution in [0.15, 0.2) is 46.0 Å². The van der Waals surface area contributed by atoms with Gasteiger partial charge in [0.2, 0.25) is 0 Å². The van der Waals surface area contributed by atoms with Gasteiger partial charge in [-0.1, -0.05) is 24.3 Å². The Morgan fingerprint density at radius 1 is 1.24 bits per heavy atom. The number of hydrogen-bond acceptors (Lipinski definition) is 6. The third-order valence-corrected chi connectivity index (χ3v) is 6.12. The van der Waals surface area contributed by atoms with Crippen molar-refractivity contribution >= 4 is 21.2 Å². The largest absolute Gasteiger partial charge is 0.491 e. The molecule has 0 aliphatic rings. The van der Waals surface area contributed by atoms with Crippen molar-refractivity contribution < 1.29 is 18.3 Å². The highest BCUT2D eigenvalue weighted by molar-refractivity contribution is 7.93. The second-order valence-electron chi connectivity index (χ2n) is 4.49. The van der Waals surface area contributed by atoms with Crippen LogP contribution in [0.25, 0.3) is 0 Å². The van der Waals surface area contributed by atoms with Crippen LogP contribution < -0.4 is 10.5 Å². The lowest BCUT2D eigenvalue weighted by molar-refractivity contribution is 0.124. The number of para-hydroxylation sites is 1. The van der Waals surface area contributed by atoms with E-state index >= 15 is 0 Å². The summed E-state index contributed by atoms with van der Waals surface area (Å²) in [6, 6.07) is 10.4. The lowest BCUT2D eigenvalue weighted by atomic mass is 10.2. The van der Waals surface area contributed by atoms with E-state index in [1.54, 1.807) is 23.6 Å². The van der Waals surface area contributed by atoms with Gasteiger partial charge >= 0.3 is 0 Å². The quantitative estimate of drug-likeness (QED) is 0.803. The SMILES string of the molecule is NCc1ccccc1OCC(O)CS(=O)(=O)c1cccs1. The van der Waals surface area contributed by atoms with E-state index in [2.05, 4.69) is 0 Å². The predicted molar refractivity (Wildman–Crippen MR) is 82.2 cm³/mol. The van der Waals surface area contributed by atoms with Gasteiger partial charge in [-0.15, -0.1) is 11.3 Å². The Kier molecular flexibility index (Phi) is 5.35. The van der Waals surface area contributed by atoms with Gasteiger partial charge in [-0.2, -0.15) is 0 Å². The van der Waals surface area contributed by atoms with Crippen molar-refractivity contribution in [2.75, 3.05) is 12.4 Å². The molecule has 0 radical (unpaired) electrons. The number of ether oxygens (including phenoxy) is 1. The molecule has 1 heterocycles. The van der Waals surface area contributed by atoms with E-state index in [-0.39, 0.29) is 16.6 Å². The maximum atomic E-state index is 12.0. The Morgan fingerprint density at radius 3 is 2.67 bits per heavy atom. The van der Waals surface area contributed by atoms with Crippen LogP contribution in [0.3, 0.4) is 0 Å². The van der Waals surface area contributed by atoms with Crippen molar-refractivity contribution in [1.29, 1.82) is 0 Å². The number of hydrogen-bond donors (Lipinski definition) is 2. The van der Waals surface area contributed by atoms with Crippen molar-refractivity contribution in [3.63, 3.8) is 0 Å². The second-order valence-corrected chi connectivity index (χ2v) is 7.70. The van der Waals surface area contributed by atoms with Crippen LogP contribution in [0.5, 0.6) is 5.75 Å². The van der Waals surface area contributed by atoms with E-state index in [4.69, 9.17) is 10.5 Å². The van der Waals surface area contributed by atoms with Crippen molar-refractivity contribution in [2.45, 2.75) is 16.9 Å². The van der Waals surface area contributed by atoms with Gasteiger partial charge in [0.05, 0.1) is 5.75 Å². The van der Waals surface area contributed by atoms with Crippen LogP contribution in [0.1, 0.15) is 5.56 Å². The van der Waals surface area contributed by atoms with Gasteiger partial charge in [0, 0.05) is 12.1 Å². The molecule has 5 nitrogen and oxygen atoms in total. The van der Waals surface area contributed by atoms with Gasteiger partial charge in [-0.25, -0.2) is 8.42 Å².